The first-order valence-corrected chi connectivity index (χ1v) is 5.25. The van der Waals surface area contributed by atoms with Crippen molar-refractivity contribution in [3.05, 3.63) is 29.3 Å². The minimum absolute atomic E-state index is 0.0701. The number of rotatable bonds is 5. The summed E-state index contributed by atoms with van der Waals surface area (Å²) < 4.78 is 4.48. The number of aliphatic carboxylic acids is 1. The molecule has 0 fully saturated rings. The Hall–Kier alpha value is -2.08. The van der Waals surface area contributed by atoms with Gasteiger partial charge in [0.1, 0.15) is 5.75 Å². The highest BCUT2D eigenvalue weighted by Gasteiger charge is 2.20. The minimum Gasteiger partial charge on any atom is -0.508 e. The molecule has 1 atom stereocenters. The summed E-state index contributed by atoms with van der Waals surface area (Å²) >= 11 is 0. The zero-order valence-electron chi connectivity index (χ0n) is 9.79. The van der Waals surface area contributed by atoms with Crippen molar-refractivity contribution in [1.29, 1.82) is 0 Å². The van der Waals surface area contributed by atoms with Gasteiger partial charge >= 0.3 is 11.9 Å². The van der Waals surface area contributed by atoms with Crippen molar-refractivity contribution < 1.29 is 29.6 Å². The lowest BCUT2D eigenvalue weighted by Crippen LogP contribution is -2.13. The van der Waals surface area contributed by atoms with Crippen LogP contribution in [0.5, 0.6) is 5.75 Å². The van der Waals surface area contributed by atoms with E-state index in [1.807, 2.05) is 0 Å². The molecule has 6 nitrogen and oxygen atoms in total. The van der Waals surface area contributed by atoms with Crippen molar-refractivity contribution in [3.8, 4) is 5.75 Å². The third kappa shape index (κ3) is 3.46. The van der Waals surface area contributed by atoms with Crippen LogP contribution < -0.4 is 0 Å². The molecule has 3 N–H and O–H groups in total. The average Bonchev–Trinajstić information content (AvgIpc) is 2.35. The molecule has 1 aromatic carbocycles. The largest absolute Gasteiger partial charge is 0.508 e. The number of carboxylic acid groups (broad SMARTS) is 1. The van der Waals surface area contributed by atoms with Gasteiger partial charge in [0, 0.05) is 6.42 Å². The van der Waals surface area contributed by atoms with Gasteiger partial charge in [-0.05, 0) is 29.7 Å². The molecule has 0 bridgehead atoms. The zero-order chi connectivity index (χ0) is 13.7. The second-order valence-corrected chi connectivity index (χ2v) is 3.70. The van der Waals surface area contributed by atoms with Gasteiger partial charge < -0.3 is 20.1 Å². The molecule has 0 saturated heterocycles. The average molecular weight is 254 g/mol. The molecule has 1 aromatic rings. The van der Waals surface area contributed by atoms with E-state index in [-0.39, 0.29) is 24.2 Å². The molecular formula is C12H14O6. The number of carbonyl (C=O) groups excluding carboxylic acids is 1. The molecule has 0 heterocycles. The second kappa shape index (κ2) is 6.02. The molecule has 0 aliphatic carbocycles. The summed E-state index contributed by atoms with van der Waals surface area (Å²) in [5.74, 6) is -1.99. The summed E-state index contributed by atoms with van der Waals surface area (Å²) in [6.45, 7) is 0. The number of benzene rings is 1. The van der Waals surface area contributed by atoms with Crippen LogP contribution in [0.2, 0.25) is 0 Å². The van der Waals surface area contributed by atoms with Crippen molar-refractivity contribution in [1.82, 2.24) is 0 Å². The number of aryl methyl sites for hydroxylation is 1. The van der Waals surface area contributed by atoms with Gasteiger partial charge in [0.15, 0.2) is 6.10 Å². The summed E-state index contributed by atoms with van der Waals surface area (Å²) in [7, 11) is 1.26. The van der Waals surface area contributed by atoms with Crippen LogP contribution in [0, 0.1) is 0 Å². The molecule has 6 heteroatoms. The van der Waals surface area contributed by atoms with Crippen LogP contribution in [-0.2, 0) is 20.7 Å². The molecule has 0 spiro atoms. The van der Waals surface area contributed by atoms with Crippen molar-refractivity contribution in [2.45, 2.75) is 18.9 Å². The zero-order valence-corrected chi connectivity index (χ0v) is 9.79. The number of aromatic hydroxyl groups is 1. The fourth-order valence-corrected chi connectivity index (χ4v) is 1.54. The molecule has 0 aliphatic heterocycles. The number of phenols is 1. The van der Waals surface area contributed by atoms with E-state index in [1.165, 1.54) is 25.3 Å². The van der Waals surface area contributed by atoms with Crippen LogP contribution in [0.1, 0.15) is 23.7 Å². The van der Waals surface area contributed by atoms with Crippen molar-refractivity contribution in [2.24, 2.45) is 0 Å². The van der Waals surface area contributed by atoms with E-state index in [0.29, 0.717) is 5.56 Å². The fraction of sp³-hybridized carbons (Fsp3) is 0.333. The molecule has 0 amide bonds. The fourth-order valence-electron chi connectivity index (χ4n) is 1.54. The van der Waals surface area contributed by atoms with E-state index in [4.69, 9.17) is 5.11 Å². The van der Waals surface area contributed by atoms with Crippen LogP contribution in [0.3, 0.4) is 0 Å². The Morgan fingerprint density at radius 2 is 2.06 bits per heavy atom. The number of carbonyl (C=O) groups is 2. The molecule has 1 unspecified atom stereocenters. The predicted molar refractivity (Wildman–Crippen MR) is 61.0 cm³/mol. The van der Waals surface area contributed by atoms with Crippen LogP contribution in [0.4, 0.5) is 0 Å². The molecule has 0 saturated carbocycles. The highest BCUT2D eigenvalue weighted by molar-refractivity contribution is 5.75. The van der Waals surface area contributed by atoms with Gasteiger partial charge in [0.2, 0.25) is 0 Å². The quantitative estimate of drug-likeness (QED) is 0.665. The van der Waals surface area contributed by atoms with Crippen molar-refractivity contribution >= 4 is 11.9 Å². The summed E-state index contributed by atoms with van der Waals surface area (Å²) in [6, 6.07) is 4.01. The lowest BCUT2D eigenvalue weighted by atomic mass is 9.98. The van der Waals surface area contributed by atoms with Crippen molar-refractivity contribution in [3.63, 3.8) is 0 Å². The Morgan fingerprint density at radius 3 is 2.61 bits per heavy atom. The normalized spacial score (nSPS) is 11.9. The Labute approximate surface area is 103 Å². The number of esters is 1. The van der Waals surface area contributed by atoms with Gasteiger partial charge in [0.25, 0.3) is 0 Å². The number of phenolic OH excluding ortho intramolecular Hbond substituents is 1. The number of carboxylic acids is 1. The Kier molecular flexibility index (Phi) is 4.67. The van der Waals surface area contributed by atoms with Crippen LogP contribution in [0.15, 0.2) is 18.2 Å². The van der Waals surface area contributed by atoms with Crippen LogP contribution in [-0.4, -0.2) is 34.4 Å². The third-order valence-corrected chi connectivity index (χ3v) is 2.48. The van der Waals surface area contributed by atoms with Gasteiger partial charge in [-0.2, -0.15) is 0 Å². The first kappa shape index (κ1) is 14.0. The Bertz CT molecular complexity index is 454. The lowest BCUT2D eigenvalue weighted by molar-refractivity contribution is -0.147. The molecule has 0 radical (unpaired) electrons. The number of hydrogen-bond donors (Lipinski definition) is 3. The topological polar surface area (TPSA) is 104 Å². The molecule has 1 rings (SSSR count). The Morgan fingerprint density at radius 1 is 1.39 bits per heavy atom. The molecule has 98 valence electrons. The van der Waals surface area contributed by atoms with E-state index in [2.05, 4.69) is 4.74 Å². The minimum atomic E-state index is -1.73. The number of ether oxygens (including phenoxy) is 1. The molecule has 18 heavy (non-hydrogen) atoms. The Balaban J connectivity index is 2.96. The molecular weight excluding hydrogens is 240 g/mol. The maximum atomic E-state index is 11.0. The summed E-state index contributed by atoms with van der Waals surface area (Å²) in [6.07, 6.45) is -1.43. The van der Waals surface area contributed by atoms with E-state index in [0.717, 1.165) is 0 Å². The highest BCUT2D eigenvalue weighted by Crippen LogP contribution is 2.24. The SMILES string of the molecule is COC(=O)CCc1ccc(O)cc1C(O)C(=O)O. The van der Waals surface area contributed by atoms with Gasteiger partial charge in [-0.1, -0.05) is 6.07 Å². The third-order valence-electron chi connectivity index (χ3n) is 2.48. The maximum absolute atomic E-state index is 11.0. The molecule has 0 aromatic heterocycles. The number of hydrogen-bond acceptors (Lipinski definition) is 5. The van der Waals surface area contributed by atoms with E-state index < -0.39 is 18.0 Å². The maximum Gasteiger partial charge on any atom is 0.337 e. The molecule has 0 aliphatic rings. The monoisotopic (exact) mass is 254 g/mol. The van der Waals surface area contributed by atoms with E-state index in [1.54, 1.807) is 0 Å². The van der Waals surface area contributed by atoms with Crippen LogP contribution in [0.25, 0.3) is 0 Å². The van der Waals surface area contributed by atoms with Gasteiger partial charge in [-0.3, -0.25) is 4.79 Å². The lowest BCUT2D eigenvalue weighted by Gasteiger charge is -2.12. The summed E-state index contributed by atoms with van der Waals surface area (Å²) in [5, 5.41) is 27.5. The van der Waals surface area contributed by atoms with E-state index in [9.17, 15) is 19.8 Å². The first-order chi connectivity index (χ1) is 8.45. The van der Waals surface area contributed by atoms with Gasteiger partial charge in [0.05, 0.1) is 7.11 Å². The van der Waals surface area contributed by atoms with E-state index >= 15 is 0 Å². The number of aliphatic hydroxyl groups is 1. The smallest absolute Gasteiger partial charge is 0.337 e. The van der Waals surface area contributed by atoms with Gasteiger partial charge in [-0.25, -0.2) is 4.79 Å². The first-order valence-electron chi connectivity index (χ1n) is 5.25. The van der Waals surface area contributed by atoms with Crippen molar-refractivity contribution in [2.75, 3.05) is 7.11 Å². The standard InChI is InChI=1S/C12H14O6/c1-18-10(14)5-3-7-2-4-8(13)6-9(7)11(15)12(16)17/h2,4,6,11,13,15H,3,5H2,1H3,(H,16,17). The number of methoxy groups -OCH3 is 1. The summed E-state index contributed by atoms with van der Waals surface area (Å²) in [5.41, 5.74) is 0.555. The second-order valence-electron chi connectivity index (χ2n) is 3.70. The summed E-state index contributed by atoms with van der Waals surface area (Å²) in [4.78, 5) is 21.8. The predicted octanol–water partition coefficient (Wildman–Crippen LogP) is 0.616. The van der Waals surface area contributed by atoms with Crippen LogP contribution >= 0.6 is 0 Å². The van der Waals surface area contributed by atoms with Gasteiger partial charge in [-0.15, -0.1) is 0 Å². The highest BCUT2D eigenvalue weighted by atomic mass is 16.5. The number of aliphatic hydroxyl groups excluding tert-OH is 1.